The largest absolute Gasteiger partial charge is 0.481 e. The molecule has 0 saturated carbocycles. The van der Waals surface area contributed by atoms with Crippen molar-refractivity contribution in [3.63, 3.8) is 0 Å². The summed E-state index contributed by atoms with van der Waals surface area (Å²) in [5, 5.41) is 12.2. The summed E-state index contributed by atoms with van der Waals surface area (Å²) in [4.78, 5) is 25.5. The first-order valence-electron chi connectivity index (χ1n) is 7.64. The van der Waals surface area contributed by atoms with Crippen molar-refractivity contribution in [1.82, 2.24) is 10.2 Å². The highest BCUT2D eigenvalue weighted by Gasteiger charge is 2.36. The number of rotatable bonds is 5. The van der Waals surface area contributed by atoms with E-state index in [0.717, 1.165) is 19.4 Å². The molecule has 5 heteroatoms. The minimum Gasteiger partial charge on any atom is -0.481 e. The molecule has 1 aliphatic rings. The van der Waals surface area contributed by atoms with Gasteiger partial charge in [0, 0.05) is 19.1 Å². The second-order valence-corrected chi connectivity index (χ2v) is 6.12. The van der Waals surface area contributed by atoms with E-state index in [9.17, 15) is 14.7 Å². The second-order valence-electron chi connectivity index (χ2n) is 6.12. The van der Waals surface area contributed by atoms with E-state index in [1.54, 1.807) is 0 Å². The summed E-state index contributed by atoms with van der Waals surface area (Å²) < 4.78 is 0. The lowest BCUT2D eigenvalue weighted by Crippen LogP contribution is -2.52. The van der Waals surface area contributed by atoms with Gasteiger partial charge in [-0.1, -0.05) is 20.8 Å². The molecule has 2 N–H and O–H groups in total. The Labute approximate surface area is 121 Å². The van der Waals surface area contributed by atoms with E-state index in [-0.39, 0.29) is 18.6 Å². The van der Waals surface area contributed by atoms with Gasteiger partial charge in [-0.25, -0.2) is 4.79 Å². The number of hydrogen-bond acceptors (Lipinski definition) is 2. The number of carbonyl (C=O) groups is 2. The van der Waals surface area contributed by atoms with Crippen LogP contribution in [-0.4, -0.2) is 41.1 Å². The molecule has 2 atom stereocenters. The number of carboxylic acid groups (broad SMARTS) is 1. The summed E-state index contributed by atoms with van der Waals surface area (Å²) in [6.07, 6.45) is 3.07. The Morgan fingerprint density at radius 3 is 2.35 bits per heavy atom. The van der Waals surface area contributed by atoms with Crippen molar-refractivity contribution in [3.8, 4) is 0 Å². The van der Waals surface area contributed by atoms with Gasteiger partial charge in [0.05, 0.1) is 5.41 Å². The van der Waals surface area contributed by atoms with Crippen molar-refractivity contribution < 1.29 is 14.7 Å². The van der Waals surface area contributed by atoms with Crippen LogP contribution in [-0.2, 0) is 4.79 Å². The molecule has 0 aliphatic carbocycles. The highest BCUT2D eigenvalue weighted by molar-refractivity contribution is 5.78. The zero-order valence-corrected chi connectivity index (χ0v) is 13.1. The van der Waals surface area contributed by atoms with Gasteiger partial charge in [0.2, 0.25) is 0 Å². The summed E-state index contributed by atoms with van der Waals surface area (Å²) in [5.74, 6) is -0.179. The quantitative estimate of drug-likeness (QED) is 0.815. The van der Waals surface area contributed by atoms with Crippen molar-refractivity contribution in [2.75, 3.05) is 13.1 Å². The lowest BCUT2D eigenvalue weighted by Gasteiger charge is -2.37. The lowest BCUT2D eigenvalue weighted by molar-refractivity contribution is -0.149. The molecule has 0 bridgehead atoms. The highest BCUT2D eigenvalue weighted by atomic mass is 16.4. The Hall–Kier alpha value is -1.26. The van der Waals surface area contributed by atoms with Crippen LogP contribution in [0.4, 0.5) is 4.79 Å². The van der Waals surface area contributed by atoms with Gasteiger partial charge >= 0.3 is 12.0 Å². The van der Waals surface area contributed by atoms with Crippen LogP contribution >= 0.6 is 0 Å². The minimum atomic E-state index is -0.845. The molecule has 0 radical (unpaired) electrons. The minimum absolute atomic E-state index is 0.128. The molecule has 0 aromatic heterocycles. The summed E-state index contributed by atoms with van der Waals surface area (Å²) in [6.45, 7) is 8.93. The number of carboxylic acids is 1. The number of amides is 2. The number of urea groups is 1. The molecular weight excluding hydrogens is 256 g/mol. The van der Waals surface area contributed by atoms with Crippen molar-refractivity contribution in [2.24, 2.45) is 11.3 Å². The molecule has 5 nitrogen and oxygen atoms in total. The molecule has 1 aliphatic heterocycles. The maximum absolute atomic E-state index is 12.2. The normalized spacial score (nSPS) is 23.5. The second kappa shape index (κ2) is 6.95. The number of carbonyl (C=O) groups excluding carboxylic acids is 1. The fraction of sp³-hybridized carbons (Fsp3) is 0.867. The van der Waals surface area contributed by atoms with Gasteiger partial charge in [-0.15, -0.1) is 0 Å². The van der Waals surface area contributed by atoms with Crippen LogP contribution in [0.5, 0.6) is 0 Å². The van der Waals surface area contributed by atoms with Gasteiger partial charge in [0.25, 0.3) is 0 Å². The van der Waals surface area contributed by atoms with Gasteiger partial charge < -0.3 is 15.3 Å². The number of likely N-dealkylation sites (tertiary alicyclic amines) is 1. The number of hydrogen-bond donors (Lipinski definition) is 2. The van der Waals surface area contributed by atoms with Crippen LogP contribution < -0.4 is 5.32 Å². The Morgan fingerprint density at radius 2 is 1.90 bits per heavy atom. The monoisotopic (exact) mass is 284 g/mol. The van der Waals surface area contributed by atoms with Gasteiger partial charge in [0.1, 0.15) is 0 Å². The van der Waals surface area contributed by atoms with E-state index >= 15 is 0 Å². The Balaban J connectivity index is 2.60. The highest BCUT2D eigenvalue weighted by Crippen LogP contribution is 2.26. The van der Waals surface area contributed by atoms with Crippen molar-refractivity contribution >= 4 is 12.0 Å². The zero-order valence-electron chi connectivity index (χ0n) is 13.1. The predicted octanol–water partition coefficient (Wildman–Crippen LogP) is 2.71. The molecule has 0 aromatic rings. The predicted molar refractivity (Wildman–Crippen MR) is 78.6 cm³/mol. The van der Waals surface area contributed by atoms with Crippen LogP contribution in [0.1, 0.15) is 53.4 Å². The van der Waals surface area contributed by atoms with E-state index in [1.807, 2.05) is 18.7 Å². The van der Waals surface area contributed by atoms with Gasteiger partial charge in [0.15, 0.2) is 0 Å². The summed E-state index contributed by atoms with van der Waals surface area (Å²) in [6, 6.07) is 0.0955. The van der Waals surface area contributed by atoms with Crippen molar-refractivity contribution in [1.29, 1.82) is 0 Å². The average molecular weight is 284 g/mol. The van der Waals surface area contributed by atoms with Crippen molar-refractivity contribution in [2.45, 2.75) is 59.4 Å². The smallest absolute Gasteiger partial charge is 0.317 e. The third-order valence-electron chi connectivity index (χ3n) is 4.78. The van der Waals surface area contributed by atoms with E-state index in [4.69, 9.17) is 0 Å². The number of piperidine rings is 1. The van der Waals surface area contributed by atoms with Crippen LogP contribution in [0.25, 0.3) is 0 Å². The lowest BCUT2D eigenvalue weighted by atomic mass is 9.82. The molecule has 0 aromatic carbocycles. The number of nitrogens with zero attached hydrogens (tertiary/aromatic N) is 1. The molecule has 1 rings (SSSR count). The van der Waals surface area contributed by atoms with E-state index in [2.05, 4.69) is 19.2 Å². The van der Waals surface area contributed by atoms with Crippen LogP contribution in [0.3, 0.4) is 0 Å². The third kappa shape index (κ3) is 3.64. The van der Waals surface area contributed by atoms with Gasteiger partial charge in [-0.3, -0.25) is 4.79 Å². The molecule has 0 spiro atoms. The van der Waals surface area contributed by atoms with Crippen molar-refractivity contribution in [3.05, 3.63) is 0 Å². The number of nitrogens with one attached hydrogen (secondary N) is 1. The maximum Gasteiger partial charge on any atom is 0.317 e. The van der Waals surface area contributed by atoms with Gasteiger partial charge in [-0.2, -0.15) is 0 Å². The standard InChI is InChI=1S/C15H28N2O3/c1-5-15(6-2,13(18)19)10-16-14(20)17-8-7-11(3)9-12(17)4/h11-12H,5-10H2,1-4H3,(H,16,20)(H,18,19). The maximum atomic E-state index is 12.2. The SMILES string of the molecule is CCC(CC)(CNC(=O)N1CCC(C)CC1C)C(=O)O. The Morgan fingerprint density at radius 1 is 1.30 bits per heavy atom. The van der Waals surface area contributed by atoms with Crippen LogP contribution in [0.2, 0.25) is 0 Å². The van der Waals surface area contributed by atoms with Crippen LogP contribution in [0.15, 0.2) is 0 Å². The molecule has 2 unspecified atom stereocenters. The van der Waals surface area contributed by atoms with Crippen LogP contribution in [0, 0.1) is 11.3 Å². The zero-order chi connectivity index (χ0) is 15.3. The fourth-order valence-electron chi connectivity index (χ4n) is 2.93. The molecule has 1 saturated heterocycles. The number of aliphatic carboxylic acids is 1. The molecule has 1 fully saturated rings. The van der Waals surface area contributed by atoms with Gasteiger partial charge in [-0.05, 0) is 38.5 Å². The molecular formula is C15H28N2O3. The van der Waals surface area contributed by atoms with E-state index < -0.39 is 11.4 Å². The average Bonchev–Trinajstić information content (AvgIpc) is 2.39. The first-order chi connectivity index (χ1) is 9.36. The summed E-state index contributed by atoms with van der Waals surface area (Å²) in [5.41, 5.74) is -0.845. The third-order valence-corrected chi connectivity index (χ3v) is 4.78. The Kier molecular flexibility index (Phi) is 5.84. The molecule has 1 heterocycles. The summed E-state index contributed by atoms with van der Waals surface area (Å²) in [7, 11) is 0. The first kappa shape index (κ1) is 16.8. The first-order valence-corrected chi connectivity index (χ1v) is 7.64. The Bertz CT molecular complexity index is 353. The van der Waals surface area contributed by atoms with E-state index in [0.29, 0.717) is 18.8 Å². The molecule has 2 amide bonds. The summed E-state index contributed by atoms with van der Waals surface area (Å²) >= 11 is 0. The fourth-order valence-corrected chi connectivity index (χ4v) is 2.93. The molecule has 116 valence electrons. The molecule has 20 heavy (non-hydrogen) atoms. The van der Waals surface area contributed by atoms with E-state index in [1.165, 1.54) is 0 Å². The topological polar surface area (TPSA) is 69.6 Å².